The van der Waals surface area contributed by atoms with E-state index in [-0.39, 0.29) is 18.4 Å². The first-order valence-electron chi connectivity index (χ1n) is 12.9. The van der Waals surface area contributed by atoms with Crippen LogP contribution >= 0.6 is 11.8 Å². The number of benzene rings is 2. The van der Waals surface area contributed by atoms with Crippen molar-refractivity contribution in [3.8, 4) is 5.75 Å². The van der Waals surface area contributed by atoms with Crippen LogP contribution in [-0.4, -0.2) is 34.6 Å². The molecule has 38 heavy (non-hydrogen) atoms. The number of amides is 1. The summed E-state index contributed by atoms with van der Waals surface area (Å²) < 4.78 is 11.8. The predicted molar refractivity (Wildman–Crippen MR) is 151 cm³/mol. The summed E-state index contributed by atoms with van der Waals surface area (Å²) in [5, 5.41) is 5.67. The number of fused-ring (bicyclic) bond motifs is 1. The van der Waals surface area contributed by atoms with Crippen molar-refractivity contribution in [2.24, 2.45) is 10.9 Å². The zero-order valence-electron chi connectivity index (χ0n) is 22.6. The van der Waals surface area contributed by atoms with Crippen molar-refractivity contribution >= 4 is 28.8 Å². The summed E-state index contributed by atoms with van der Waals surface area (Å²) in [6.45, 7) is 10.6. The summed E-state index contributed by atoms with van der Waals surface area (Å²) >= 11 is 1.46. The van der Waals surface area contributed by atoms with E-state index in [9.17, 15) is 9.59 Å². The maximum absolute atomic E-state index is 13.4. The lowest BCUT2D eigenvalue weighted by Crippen LogP contribution is -2.38. The third-order valence-corrected chi connectivity index (χ3v) is 6.92. The molecule has 2 aliphatic rings. The lowest BCUT2D eigenvalue weighted by Gasteiger charge is -2.36. The highest BCUT2D eigenvalue weighted by atomic mass is 32.2. The lowest BCUT2D eigenvalue weighted by molar-refractivity contribution is -0.143. The van der Waals surface area contributed by atoms with Crippen LogP contribution in [0.2, 0.25) is 0 Å². The smallest absolute Gasteiger partial charge is 0.338 e. The second-order valence-corrected chi connectivity index (χ2v) is 10.9. The topological polar surface area (TPSA) is 80.2 Å². The van der Waals surface area contributed by atoms with Gasteiger partial charge in [0.15, 0.2) is 5.17 Å². The minimum Gasteiger partial charge on any atom is -0.489 e. The van der Waals surface area contributed by atoms with E-state index in [1.807, 2.05) is 85.7 Å². The Morgan fingerprint density at radius 2 is 1.84 bits per heavy atom. The molecule has 0 fully saturated rings. The van der Waals surface area contributed by atoms with Crippen molar-refractivity contribution in [2.45, 2.75) is 59.8 Å². The second-order valence-electron chi connectivity index (χ2n) is 10.1. The van der Waals surface area contributed by atoms with Crippen LogP contribution in [0.15, 0.2) is 82.0 Å². The first kappa shape index (κ1) is 27.5. The Labute approximate surface area is 229 Å². The molecule has 0 spiro atoms. The van der Waals surface area contributed by atoms with Crippen LogP contribution in [0.3, 0.4) is 0 Å². The summed E-state index contributed by atoms with van der Waals surface area (Å²) in [6, 6.07) is 17.2. The monoisotopic (exact) mass is 533 g/mol. The molecule has 2 aromatic carbocycles. The molecule has 7 nitrogen and oxygen atoms in total. The molecule has 2 heterocycles. The van der Waals surface area contributed by atoms with Gasteiger partial charge < -0.3 is 19.7 Å². The molecule has 200 valence electrons. The molecule has 0 aromatic heterocycles. The number of amidine groups is 1. The molecule has 1 amide bonds. The number of carbonyl (C=O) groups is 2. The highest BCUT2D eigenvalue weighted by molar-refractivity contribution is 8.16. The molecule has 0 saturated heterocycles. The third kappa shape index (κ3) is 6.67. The standard InChI is InChI=1S/C30H35N3O4S/c1-19(2)16-31-26(34)15-24-18-38-30-32-21(5)27(29(35)37-20(3)4)28(33(24)30)23-12-9-13-25(14-23)36-17-22-10-7-6-8-11-22/h6-14,18-20,28H,15-17H2,1-5H3,(H,31,34)/t28-/m0/s1. The number of ether oxygens (including phenoxy) is 2. The number of nitrogens with zero attached hydrogens (tertiary/aromatic N) is 2. The Morgan fingerprint density at radius 3 is 2.55 bits per heavy atom. The number of aliphatic imine (C=N–C) groups is 1. The predicted octanol–water partition coefficient (Wildman–Crippen LogP) is 5.95. The molecule has 0 saturated carbocycles. The van der Waals surface area contributed by atoms with E-state index in [1.54, 1.807) is 0 Å². The van der Waals surface area contributed by atoms with Crippen molar-refractivity contribution in [1.82, 2.24) is 10.2 Å². The van der Waals surface area contributed by atoms with Crippen LogP contribution < -0.4 is 10.1 Å². The Kier molecular flexibility index (Phi) is 8.94. The second kappa shape index (κ2) is 12.3. The minimum absolute atomic E-state index is 0.0666. The van der Waals surface area contributed by atoms with Crippen LogP contribution in [0.5, 0.6) is 5.75 Å². The number of thioether (sulfide) groups is 1. The van der Waals surface area contributed by atoms with Gasteiger partial charge in [-0.2, -0.15) is 0 Å². The Hall–Kier alpha value is -3.52. The molecule has 2 aromatic rings. The Morgan fingerprint density at radius 1 is 1.08 bits per heavy atom. The van der Waals surface area contributed by atoms with Crippen LogP contribution in [0.4, 0.5) is 0 Å². The number of rotatable bonds is 10. The number of hydrogen-bond donors (Lipinski definition) is 1. The van der Waals surface area contributed by atoms with Crippen molar-refractivity contribution in [3.05, 3.63) is 88.1 Å². The van der Waals surface area contributed by atoms with Crippen LogP contribution in [0, 0.1) is 5.92 Å². The summed E-state index contributed by atoms with van der Waals surface area (Å²) in [5.74, 6) is 0.563. The van der Waals surface area contributed by atoms with Gasteiger partial charge in [-0.25, -0.2) is 9.79 Å². The maximum Gasteiger partial charge on any atom is 0.338 e. The van der Waals surface area contributed by atoms with Gasteiger partial charge in [0.05, 0.1) is 29.8 Å². The van der Waals surface area contributed by atoms with E-state index in [0.717, 1.165) is 22.0 Å². The molecule has 0 bridgehead atoms. The molecular weight excluding hydrogens is 498 g/mol. The lowest BCUT2D eigenvalue weighted by atomic mass is 9.93. The van der Waals surface area contributed by atoms with E-state index in [0.29, 0.717) is 36.1 Å². The summed E-state index contributed by atoms with van der Waals surface area (Å²) in [6.07, 6.45) is -0.0931. The number of carbonyl (C=O) groups excluding carboxylic acids is 2. The van der Waals surface area contributed by atoms with Crippen molar-refractivity contribution in [1.29, 1.82) is 0 Å². The fraction of sp³-hybridized carbons (Fsp3) is 0.367. The Bertz CT molecular complexity index is 1270. The average molecular weight is 534 g/mol. The van der Waals surface area contributed by atoms with Gasteiger partial charge >= 0.3 is 5.97 Å². The van der Waals surface area contributed by atoms with Gasteiger partial charge in [-0.15, -0.1) is 0 Å². The van der Waals surface area contributed by atoms with Crippen LogP contribution in [0.25, 0.3) is 0 Å². The number of esters is 1. The van der Waals surface area contributed by atoms with Gasteiger partial charge in [0.2, 0.25) is 5.91 Å². The van der Waals surface area contributed by atoms with Crippen molar-refractivity contribution in [3.63, 3.8) is 0 Å². The fourth-order valence-corrected chi connectivity index (χ4v) is 5.25. The van der Waals surface area contributed by atoms with Gasteiger partial charge in [0.25, 0.3) is 0 Å². The van der Waals surface area contributed by atoms with Crippen molar-refractivity contribution < 1.29 is 19.1 Å². The van der Waals surface area contributed by atoms with Crippen molar-refractivity contribution in [2.75, 3.05) is 6.54 Å². The molecule has 0 aliphatic carbocycles. The first-order valence-corrected chi connectivity index (χ1v) is 13.8. The number of nitrogens with one attached hydrogen (secondary N) is 1. The van der Waals surface area contributed by atoms with Crippen LogP contribution in [-0.2, 0) is 20.9 Å². The van der Waals surface area contributed by atoms with Crippen LogP contribution in [0.1, 0.15) is 58.2 Å². The maximum atomic E-state index is 13.4. The SMILES string of the molecule is CC1=C(C(=O)OC(C)C)[C@H](c2cccc(OCc3ccccc3)c2)N2C(CC(=O)NCC(C)C)=CSC2=N1. The number of allylic oxidation sites excluding steroid dienone is 1. The summed E-state index contributed by atoms with van der Waals surface area (Å²) in [5.41, 5.74) is 3.77. The highest BCUT2D eigenvalue weighted by Crippen LogP contribution is 2.45. The molecular formula is C30H35N3O4S. The molecule has 1 atom stereocenters. The van der Waals surface area contributed by atoms with Gasteiger partial charge in [-0.05, 0) is 55.4 Å². The van der Waals surface area contributed by atoms with E-state index in [4.69, 9.17) is 14.5 Å². The Balaban J connectivity index is 1.67. The molecule has 0 unspecified atom stereocenters. The zero-order valence-corrected chi connectivity index (χ0v) is 23.4. The molecule has 0 radical (unpaired) electrons. The van der Waals surface area contributed by atoms with E-state index in [2.05, 4.69) is 19.2 Å². The average Bonchev–Trinajstić information content (AvgIpc) is 3.27. The molecule has 4 rings (SSSR count). The van der Waals surface area contributed by atoms with Gasteiger partial charge in [0.1, 0.15) is 12.4 Å². The van der Waals surface area contributed by atoms with Gasteiger partial charge in [-0.3, -0.25) is 4.79 Å². The zero-order chi connectivity index (χ0) is 27.2. The van der Waals surface area contributed by atoms with E-state index >= 15 is 0 Å². The highest BCUT2D eigenvalue weighted by Gasteiger charge is 2.41. The first-order chi connectivity index (χ1) is 18.2. The third-order valence-electron chi connectivity index (χ3n) is 6.03. The van der Waals surface area contributed by atoms with Gasteiger partial charge in [-0.1, -0.05) is 68.1 Å². The summed E-state index contributed by atoms with van der Waals surface area (Å²) in [7, 11) is 0. The van der Waals surface area contributed by atoms with Gasteiger partial charge in [0, 0.05) is 12.2 Å². The number of hydrogen-bond acceptors (Lipinski definition) is 7. The quantitative estimate of drug-likeness (QED) is 0.380. The van der Waals surface area contributed by atoms with E-state index < -0.39 is 12.0 Å². The van der Waals surface area contributed by atoms with E-state index in [1.165, 1.54) is 11.8 Å². The summed E-state index contributed by atoms with van der Waals surface area (Å²) in [4.78, 5) is 32.9. The molecule has 8 heteroatoms. The molecule has 1 N–H and O–H groups in total. The molecule has 2 aliphatic heterocycles. The minimum atomic E-state index is -0.506. The fourth-order valence-electron chi connectivity index (χ4n) is 4.28. The largest absolute Gasteiger partial charge is 0.489 e. The normalized spacial score (nSPS) is 16.8.